The van der Waals surface area contributed by atoms with E-state index in [2.05, 4.69) is 6.92 Å². The van der Waals surface area contributed by atoms with Crippen molar-refractivity contribution in [2.24, 2.45) is 5.92 Å². The van der Waals surface area contributed by atoms with Gasteiger partial charge in [-0.1, -0.05) is 25.8 Å². The van der Waals surface area contributed by atoms with E-state index in [-0.39, 0.29) is 18.3 Å². The first-order valence-corrected chi connectivity index (χ1v) is 6.69. The van der Waals surface area contributed by atoms with Gasteiger partial charge in [-0.2, -0.15) is 0 Å². The van der Waals surface area contributed by atoms with Crippen LogP contribution in [0.25, 0.3) is 0 Å². The SMILES string of the molecule is CC1CCCC(OCc2ccc(F)cc2C(=O)O)C1. The van der Waals surface area contributed by atoms with E-state index >= 15 is 0 Å². The van der Waals surface area contributed by atoms with E-state index in [0.29, 0.717) is 11.5 Å². The van der Waals surface area contributed by atoms with Crippen LogP contribution in [0.15, 0.2) is 18.2 Å². The van der Waals surface area contributed by atoms with E-state index in [1.165, 1.54) is 18.6 Å². The molecule has 19 heavy (non-hydrogen) atoms. The van der Waals surface area contributed by atoms with Crippen molar-refractivity contribution >= 4 is 5.97 Å². The van der Waals surface area contributed by atoms with Crippen LogP contribution in [0.3, 0.4) is 0 Å². The minimum absolute atomic E-state index is 0.0103. The summed E-state index contributed by atoms with van der Waals surface area (Å²) < 4.78 is 18.8. The number of carboxylic acid groups (broad SMARTS) is 1. The third-order valence-corrected chi connectivity index (χ3v) is 3.67. The molecule has 2 atom stereocenters. The van der Waals surface area contributed by atoms with E-state index in [4.69, 9.17) is 9.84 Å². The molecule has 1 saturated carbocycles. The van der Waals surface area contributed by atoms with Gasteiger partial charge in [0.2, 0.25) is 0 Å². The Balaban J connectivity index is 2.01. The summed E-state index contributed by atoms with van der Waals surface area (Å²) in [5.41, 5.74) is 0.524. The van der Waals surface area contributed by atoms with Crippen molar-refractivity contribution in [2.75, 3.05) is 0 Å². The minimum Gasteiger partial charge on any atom is -0.478 e. The second-order valence-corrected chi connectivity index (χ2v) is 5.31. The van der Waals surface area contributed by atoms with Crippen molar-refractivity contribution in [3.63, 3.8) is 0 Å². The molecule has 0 aliphatic heterocycles. The molecule has 0 bridgehead atoms. The predicted molar refractivity (Wildman–Crippen MR) is 69.6 cm³/mol. The molecule has 0 aromatic heterocycles. The number of ether oxygens (including phenoxy) is 1. The largest absolute Gasteiger partial charge is 0.478 e. The highest BCUT2D eigenvalue weighted by Gasteiger charge is 2.20. The number of carboxylic acids is 1. The second kappa shape index (κ2) is 6.15. The standard InChI is InChI=1S/C15H19FO3/c1-10-3-2-4-13(7-10)19-9-11-5-6-12(16)8-14(11)15(17)18/h5-6,8,10,13H,2-4,7,9H2,1H3,(H,17,18). The monoisotopic (exact) mass is 266 g/mol. The van der Waals surface area contributed by atoms with Crippen LogP contribution in [0.5, 0.6) is 0 Å². The Kier molecular flexibility index (Phi) is 4.53. The maximum Gasteiger partial charge on any atom is 0.336 e. The molecule has 1 fully saturated rings. The van der Waals surface area contributed by atoms with Crippen LogP contribution in [0.4, 0.5) is 4.39 Å². The fourth-order valence-corrected chi connectivity index (χ4v) is 2.61. The first kappa shape index (κ1) is 14.0. The van der Waals surface area contributed by atoms with E-state index in [1.807, 2.05) is 0 Å². The lowest BCUT2D eigenvalue weighted by Gasteiger charge is -2.27. The Morgan fingerprint density at radius 1 is 1.47 bits per heavy atom. The van der Waals surface area contributed by atoms with Crippen molar-refractivity contribution in [3.8, 4) is 0 Å². The van der Waals surface area contributed by atoms with Crippen molar-refractivity contribution in [1.29, 1.82) is 0 Å². The Morgan fingerprint density at radius 3 is 2.95 bits per heavy atom. The van der Waals surface area contributed by atoms with Gasteiger partial charge in [-0.05, 0) is 36.5 Å². The highest BCUT2D eigenvalue weighted by atomic mass is 19.1. The lowest BCUT2D eigenvalue weighted by molar-refractivity contribution is 0.00411. The highest BCUT2D eigenvalue weighted by molar-refractivity contribution is 5.89. The summed E-state index contributed by atoms with van der Waals surface area (Å²) in [6.07, 6.45) is 4.62. The summed E-state index contributed by atoms with van der Waals surface area (Å²) in [5, 5.41) is 9.05. The number of rotatable bonds is 4. The number of benzene rings is 1. The topological polar surface area (TPSA) is 46.5 Å². The zero-order chi connectivity index (χ0) is 13.8. The van der Waals surface area contributed by atoms with Gasteiger partial charge in [-0.25, -0.2) is 9.18 Å². The van der Waals surface area contributed by atoms with E-state index in [0.717, 1.165) is 25.3 Å². The maximum absolute atomic E-state index is 13.0. The molecular formula is C15H19FO3. The number of carbonyl (C=O) groups is 1. The van der Waals surface area contributed by atoms with E-state index < -0.39 is 11.8 Å². The van der Waals surface area contributed by atoms with E-state index in [9.17, 15) is 9.18 Å². The highest BCUT2D eigenvalue weighted by Crippen LogP contribution is 2.26. The van der Waals surface area contributed by atoms with Gasteiger partial charge in [0.15, 0.2) is 0 Å². The predicted octanol–water partition coefficient (Wildman–Crippen LogP) is 3.62. The van der Waals surface area contributed by atoms with E-state index in [1.54, 1.807) is 0 Å². The van der Waals surface area contributed by atoms with Crippen molar-refractivity contribution < 1.29 is 19.0 Å². The second-order valence-electron chi connectivity index (χ2n) is 5.31. The third kappa shape index (κ3) is 3.77. The van der Waals surface area contributed by atoms with Gasteiger partial charge >= 0.3 is 5.97 Å². The minimum atomic E-state index is -1.12. The van der Waals surface area contributed by atoms with Crippen molar-refractivity contribution in [2.45, 2.75) is 45.3 Å². The van der Waals surface area contributed by atoms with Gasteiger partial charge in [0.1, 0.15) is 5.82 Å². The first-order chi connectivity index (χ1) is 9.06. The average Bonchev–Trinajstić information content (AvgIpc) is 2.37. The van der Waals surface area contributed by atoms with Gasteiger partial charge in [0.05, 0.1) is 18.3 Å². The molecule has 1 N–H and O–H groups in total. The average molecular weight is 266 g/mol. The van der Waals surface area contributed by atoms with Crippen LogP contribution >= 0.6 is 0 Å². The summed E-state index contributed by atoms with van der Waals surface area (Å²) in [6.45, 7) is 2.44. The molecule has 2 rings (SSSR count). The van der Waals surface area contributed by atoms with Gasteiger partial charge in [-0.3, -0.25) is 0 Å². The number of hydrogen-bond donors (Lipinski definition) is 1. The molecule has 0 heterocycles. The molecule has 0 radical (unpaired) electrons. The molecule has 0 spiro atoms. The van der Waals surface area contributed by atoms with Crippen molar-refractivity contribution in [1.82, 2.24) is 0 Å². The van der Waals surface area contributed by atoms with Crippen LogP contribution in [0.1, 0.15) is 48.5 Å². The first-order valence-electron chi connectivity index (χ1n) is 6.69. The van der Waals surface area contributed by atoms with Crippen molar-refractivity contribution in [3.05, 3.63) is 35.1 Å². The summed E-state index contributed by atoms with van der Waals surface area (Å²) in [7, 11) is 0. The van der Waals surface area contributed by atoms with Gasteiger partial charge in [0.25, 0.3) is 0 Å². The maximum atomic E-state index is 13.0. The summed E-state index contributed by atoms with van der Waals surface area (Å²) in [6, 6.07) is 3.81. The Morgan fingerprint density at radius 2 is 2.26 bits per heavy atom. The molecule has 1 aliphatic rings. The summed E-state index contributed by atoms with van der Waals surface area (Å²) >= 11 is 0. The number of aromatic carboxylic acids is 1. The Hall–Kier alpha value is -1.42. The van der Waals surface area contributed by atoms with Crippen LogP contribution in [-0.4, -0.2) is 17.2 Å². The zero-order valence-electron chi connectivity index (χ0n) is 11.1. The molecule has 4 heteroatoms. The Bertz CT molecular complexity index is 459. The van der Waals surface area contributed by atoms with Crippen LogP contribution in [-0.2, 0) is 11.3 Å². The summed E-state index contributed by atoms with van der Waals surface area (Å²) in [4.78, 5) is 11.1. The van der Waals surface area contributed by atoms with Crippen LogP contribution in [0.2, 0.25) is 0 Å². The molecule has 2 unspecified atom stereocenters. The Labute approximate surface area is 112 Å². The number of hydrogen-bond acceptors (Lipinski definition) is 2. The molecule has 0 amide bonds. The lowest BCUT2D eigenvalue weighted by Crippen LogP contribution is -2.21. The molecule has 1 aromatic rings. The molecule has 0 saturated heterocycles. The van der Waals surface area contributed by atoms with Gasteiger partial charge in [0, 0.05) is 0 Å². The number of halogens is 1. The molecule has 104 valence electrons. The molecule has 1 aliphatic carbocycles. The van der Waals surface area contributed by atoms with Gasteiger partial charge in [-0.15, -0.1) is 0 Å². The smallest absolute Gasteiger partial charge is 0.336 e. The fourth-order valence-electron chi connectivity index (χ4n) is 2.61. The fraction of sp³-hybridized carbons (Fsp3) is 0.533. The van der Waals surface area contributed by atoms with Gasteiger partial charge < -0.3 is 9.84 Å². The third-order valence-electron chi connectivity index (χ3n) is 3.67. The molecular weight excluding hydrogens is 247 g/mol. The summed E-state index contributed by atoms with van der Waals surface area (Å²) in [5.74, 6) is -0.992. The quantitative estimate of drug-likeness (QED) is 0.905. The lowest BCUT2D eigenvalue weighted by atomic mass is 9.89. The van der Waals surface area contributed by atoms with Crippen LogP contribution < -0.4 is 0 Å². The molecule has 3 nitrogen and oxygen atoms in total. The normalized spacial score (nSPS) is 23.3. The molecule has 1 aromatic carbocycles. The van der Waals surface area contributed by atoms with Crippen LogP contribution in [0, 0.1) is 11.7 Å². The zero-order valence-corrected chi connectivity index (χ0v) is 11.1.